The fourth-order valence-electron chi connectivity index (χ4n) is 3.04. The highest BCUT2D eigenvalue weighted by atomic mass is 32.2. The van der Waals surface area contributed by atoms with Gasteiger partial charge in [-0.3, -0.25) is 0 Å². The molecule has 0 saturated carbocycles. The van der Waals surface area contributed by atoms with E-state index in [1.165, 1.54) is 4.90 Å². The van der Waals surface area contributed by atoms with E-state index in [0.29, 0.717) is 18.0 Å². The number of nitrogens with zero attached hydrogens (tertiary/aromatic N) is 5. The fraction of sp³-hybridized carbons (Fsp3) is 0.562. The third-order valence-corrected chi connectivity index (χ3v) is 6.45. The number of tetrazole rings is 1. The Hall–Kier alpha value is -1.84. The minimum Gasteiger partial charge on any atom is -0.326 e. The first-order valence-corrected chi connectivity index (χ1v) is 10.1. The van der Waals surface area contributed by atoms with Crippen molar-refractivity contribution in [1.29, 1.82) is 0 Å². The summed E-state index contributed by atoms with van der Waals surface area (Å²) in [4.78, 5) is 1.68. The highest BCUT2D eigenvalue weighted by Crippen LogP contribution is 2.16. The first-order valence-electron chi connectivity index (χ1n) is 8.66. The molecule has 9 heteroatoms. The maximum absolute atomic E-state index is 12.7. The van der Waals surface area contributed by atoms with E-state index in [1.54, 1.807) is 16.4 Å². The molecule has 2 aromatic rings. The molecule has 1 fully saturated rings. The standard InChI is InChI=1S/C16H24N6O2S/c1-3-8-22-16(17-18-19-22)13-20-9-11-21(12-10-20)25(23,24)15-6-4-14(2)5-7-15/h4-7H,3,8-13H2,1-2H3/p+1. The summed E-state index contributed by atoms with van der Waals surface area (Å²) in [6.07, 6.45) is 0.982. The summed E-state index contributed by atoms with van der Waals surface area (Å²) in [6, 6.07) is 7.04. The van der Waals surface area contributed by atoms with Crippen LogP contribution in [0.1, 0.15) is 24.7 Å². The summed E-state index contributed by atoms with van der Waals surface area (Å²) >= 11 is 0. The average Bonchev–Trinajstić information content (AvgIpc) is 3.03. The molecule has 1 saturated heterocycles. The lowest BCUT2D eigenvalue weighted by Crippen LogP contribution is -3.13. The third-order valence-electron chi connectivity index (χ3n) is 4.54. The molecule has 3 rings (SSSR count). The second-order valence-corrected chi connectivity index (χ2v) is 8.40. The van der Waals surface area contributed by atoms with E-state index < -0.39 is 10.0 Å². The van der Waals surface area contributed by atoms with Crippen LogP contribution in [-0.2, 0) is 23.1 Å². The molecule has 1 aliphatic heterocycles. The van der Waals surface area contributed by atoms with Gasteiger partial charge in [-0.1, -0.05) is 24.6 Å². The molecule has 0 radical (unpaired) electrons. The van der Waals surface area contributed by atoms with Crippen molar-refractivity contribution in [1.82, 2.24) is 24.5 Å². The minimum absolute atomic E-state index is 0.369. The minimum atomic E-state index is -3.41. The van der Waals surface area contributed by atoms with Crippen LogP contribution in [0.15, 0.2) is 29.2 Å². The number of nitrogens with one attached hydrogen (secondary N) is 1. The van der Waals surface area contributed by atoms with Gasteiger partial charge in [-0.2, -0.15) is 4.31 Å². The molecule has 0 atom stereocenters. The van der Waals surface area contributed by atoms with Gasteiger partial charge >= 0.3 is 0 Å². The molecule has 0 bridgehead atoms. The molecule has 2 heterocycles. The van der Waals surface area contributed by atoms with E-state index in [1.807, 2.05) is 23.7 Å². The van der Waals surface area contributed by atoms with Crippen molar-refractivity contribution in [3.05, 3.63) is 35.7 Å². The van der Waals surface area contributed by atoms with Crippen LogP contribution in [0.5, 0.6) is 0 Å². The zero-order valence-corrected chi connectivity index (χ0v) is 15.5. The molecule has 1 aromatic carbocycles. The Morgan fingerprint density at radius 1 is 1.16 bits per heavy atom. The number of hydrogen-bond acceptors (Lipinski definition) is 5. The van der Waals surface area contributed by atoms with Crippen LogP contribution in [0.3, 0.4) is 0 Å². The normalized spacial score (nSPS) is 17.0. The summed E-state index contributed by atoms with van der Waals surface area (Å²) in [5.41, 5.74) is 1.05. The molecule has 1 aromatic heterocycles. The van der Waals surface area contributed by atoms with E-state index in [2.05, 4.69) is 22.4 Å². The van der Waals surface area contributed by atoms with Crippen molar-refractivity contribution in [2.45, 2.75) is 38.3 Å². The second-order valence-electron chi connectivity index (χ2n) is 6.46. The summed E-state index contributed by atoms with van der Waals surface area (Å²) in [5, 5.41) is 11.9. The Kier molecular flexibility index (Phi) is 5.45. The number of rotatable bonds is 6. The van der Waals surface area contributed by atoms with Crippen molar-refractivity contribution in [3.8, 4) is 0 Å². The highest BCUT2D eigenvalue weighted by molar-refractivity contribution is 7.89. The lowest BCUT2D eigenvalue weighted by molar-refractivity contribution is -0.918. The zero-order valence-electron chi connectivity index (χ0n) is 14.7. The molecular formula is C16H25N6O2S+. The molecule has 0 aliphatic carbocycles. The van der Waals surface area contributed by atoms with E-state index in [4.69, 9.17) is 0 Å². The lowest BCUT2D eigenvalue weighted by atomic mass is 10.2. The number of hydrogen-bond donors (Lipinski definition) is 1. The Labute approximate surface area is 148 Å². The monoisotopic (exact) mass is 365 g/mol. The summed E-state index contributed by atoms with van der Waals surface area (Å²) in [5.74, 6) is 0.867. The van der Waals surface area contributed by atoms with Gasteiger partial charge in [-0.05, 0) is 35.9 Å². The van der Waals surface area contributed by atoms with Crippen LogP contribution in [0.25, 0.3) is 0 Å². The maximum atomic E-state index is 12.7. The molecule has 136 valence electrons. The summed E-state index contributed by atoms with van der Waals surface area (Å²) < 4.78 is 28.9. The zero-order chi connectivity index (χ0) is 17.9. The molecule has 1 aliphatic rings. The van der Waals surface area contributed by atoms with Crippen LogP contribution in [0.2, 0.25) is 0 Å². The Morgan fingerprint density at radius 2 is 1.84 bits per heavy atom. The third kappa shape index (κ3) is 4.05. The van der Waals surface area contributed by atoms with Crippen LogP contribution in [0, 0.1) is 6.92 Å². The van der Waals surface area contributed by atoms with Crippen molar-refractivity contribution >= 4 is 10.0 Å². The number of sulfonamides is 1. The van der Waals surface area contributed by atoms with Crippen molar-refractivity contribution < 1.29 is 13.3 Å². The molecule has 25 heavy (non-hydrogen) atoms. The first-order chi connectivity index (χ1) is 12.0. The Morgan fingerprint density at radius 3 is 2.48 bits per heavy atom. The molecule has 1 N–H and O–H groups in total. The number of piperazine rings is 1. The molecular weight excluding hydrogens is 340 g/mol. The number of benzene rings is 1. The number of aryl methyl sites for hydroxylation is 2. The van der Waals surface area contributed by atoms with E-state index in [9.17, 15) is 8.42 Å². The van der Waals surface area contributed by atoms with E-state index in [-0.39, 0.29) is 0 Å². The number of aromatic nitrogens is 4. The van der Waals surface area contributed by atoms with Crippen LogP contribution in [-0.4, -0.2) is 59.1 Å². The summed E-state index contributed by atoms with van der Waals surface area (Å²) in [6.45, 7) is 8.11. The summed E-state index contributed by atoms with van der Waals surface area (Å²) in [7, 11) is -3.41. The smallest absolute Gasteiger partial charge is 0.243 e. The van der Waals surface area contributed by atoms with E-state index >= 15 is 0 Å². The van der Waals surface area contributed by atoms with Gasteiger partial charge in [-0.25, -0.2) is 13.1 Å². The van der Waals surface area contributed by atoms with Crippen molar-refractivity contribution in [2.24, 2.45) is 0 Å². The first kappa shape index (κ1) is 18.0. The van der Waals surface area contributed by atoms with Gasteiger partial charge in [-0.15, -0.1) is 5.10 Å². The Bertz CT molecular complexity index is 794. The number of quaternary nitrogens is 1. The van der Waals surface area contributed by atoms with Crippen molar-refractivity contribution in [2.75, 3.05) is 26.2 Å². The molecule has 8 nitrogen and oxygen atoms in total. The Balaban J connectivity index is 1.61. The van der Waals surface area contributed by atoms with Crippen LogP contribution >= 0.6 is 0 Å². The molecule has 0 amide bonds. The fourth-order valence-corrected chi connectivity index (χ4v) is 4.48. The van der Waals surface area contributed by atoms with Gasteiger partial charge in [0.15, 0.2) is 0 Å². The van der Waals surface area contributed by atoms with Gasteiger partial charge in [0.1, 0.15) is 6.54 Å². The maximum Gasteiger partial charge on any atom is 0.243 e. The SMILES string of the molecule is CCCn1nnnc1C[NH+]1CCN(S(=O)(=O)c2ccc(C)cc2)CC1. The van der Waals surface area contributed by atoms with Gasteiger partial charge in [0, 0.05) is 6.54 Å². The van der Waals surface area contributed by atoms with Crippen LogP contribution in [0.4, 0.5) is 0 Å². The van der Waals surface area contributed by atoms with Gasteiger partial charge in [0.2, 0.25) is 15.8 Å². The second kappa shape index (κ2) is 7.59. The molecule has 0 unspecified atom stereocenters. The predicted molar refractivity (Wildman–Crippen MR) is 92.4 cm³/mol. The van der Waals surface area contributed by atoms with Gasteiger partial charge < -0.3 is 4.90 Å². The average molecular weight is 365 g/mol. The largest absolute Gasteiger partial charge is 0.326 e. The van der Waals surface area contributed by atoms with Gasteiger partial charge in [0.25, 0.3) is 0 Å². The highest BCUT2D eigenvalue weighted by Gasteiger charge is 2.31. The molecule has 0 spiro atoms. The lowest BCUT2D eigenvalue weighted by Gasteiger charge is -2.31. The van der Waals surface area contributed by atoms with E-state index in [0.717, 1.165) is 44.0 Å². The topological polar surface area (TPSA) is 85.4 Å². The quantitative estimate of drug-likeness (QED) is 0.745. The van der Waals surface area contributed by atoms with Crippen LogP contribution < -0.4 is 4.90 Å². The van der Waals surface area contributed by atoms with Gasteiger partial charge in [0.05, 0.1) is 31.1 Å². The van der Waals surface area contributed by atoms with Crippen molar-refractivity contribution in [3.63, 3.8) is 0 Å². The predicted octanol–water partition coefficient (Wildman–Crippen LogP) is -0.519.